The van der Waals surface area contributed by atoms with Gasteiger partial charge in [-0.05, 0) is 71.5 Å². The van der Waals surface area contributed by atoms with Crippen molar-refractivity contribution < 1.29 is 19.4 Å². The zero-order valence-electron chi connectivity index (χ0n) is 22.1. The molecular weight excluding hydrogens is 440 g/mol. The molecule has 2 aliphatic heterocycles. The second-order valence-corrected chi connectivity index (χ2v) is 11.9. The van der Waals surface area contributed by atoms with Crippen LogP contribution in [0.5, 0.6) is 17.2 Å². The Hall–Kier alpha value is -2.73. The first-order valence-corrected chi connectivity index (χ1v) is 12.6. The monoisotopic (exact) mass is 478 g/mol. The molecule has 0 spiro atoms. The summed E-state index contributed by atoms with van der Waals surface area (Å²) in [6.45, 7) is 12.5. The normalized spacial score (nSPS) is 21.1. The maximum absolute atomic E-state index is 10.4. The number of rotatable bonds is 4. The van der Waals surface area contributed by atoms with E-state index in [1.54, 1.807) is 7.11 Å². The average molecular weight is 479 g/mol. The molecule has 2 aromatic rings. The minimum absolute atomic E-state index is 0.00163. The van der Waals surface area contributed by atoms with E-state index in [2.05, 4.69) is 69.9 Å². The zero-order chi connectivity index (χ0) is 25.1. The van der Waals surface area contributed by atoms with Gasteiger partial charge in [0, 0.05) is 30.1 Å². The Balaban J connectivity index is 1.61. The van der Waals surface area contributed by atoms with Crippen LogP contribution in [0.25, 0.3) is 0 Å². The van der Waals surface area contributed by atoms with Gasteiger partial charge in [0.05, 0.1) is 12.8 Å². The van der Waals surface area contributed by atoms with Crippen LogP contribution < -0.4 is 14.2 Å². The molecule has 2 heterocycles. The Morgan fingerprint density at radius 1 is 1.20 bits per heavy atom. The van der Waals surface area contributed by atoms with Crippen molar-refractivity contribution in [2.24, 2.45) is 5.16 Å². The molecule has 0 amide bonds. The van der Waals surface area contributed by atoms with Gasteiger partial charge in [-0.1, -0.05) is 45.8 Å². The minimum atomic E-state index is -0.00236. The van der Waals surface area contributed by atoms with Crippen LogP contribution in [0.1, 0.15) is 86.9 Å². The lowest BCUT2D eigenvalue weighted by molar-refractivity contribution is 0.170. The van der Waals surface area contributed by atoms with Gasteiger partial charge in [-0.15, -0.1) is 0 Å². The smallest absolute Gasteiger partial charge is 0.231 e. The maximum Gasteiger partial charge on any atom is 0.231 e. The second-order valence-electron chi connectivity index (χ2n) is 11.9. The molecule has 35 heavy (non-hydrogen) atoms. The highest BCUT2D eigenvalue weighted by molar-refractivity contribution is 6.02. The van der Waals surface area contributed by atoms with Crippen LogP contribution >= 0.6 is 0 Å². The van der Waals surface area contributed by atoms with Gasteiger partial charge in [0.1, 0.15) is 0 Å². The fourth-order valence-electron chi connectivity index (χ4n) is 5.98. The molecule has 1 N–H and O–H groups in total. The largest absolute Gasteiger partial charge is 0.492 e. The van der Waals surface area contributed by atoms with E-state index < -0.39 is 0 Å². The highest BCUT2D eigenvalue weighted by atomic mass is 16.7. The van der Waals surface area contributed by atoms with Crippen molar-refractivity contribution >= 4 is 5.71 Å². The molecule has 2 aromatic carbocycles. The third kappa shape index (κ3) is 3.96. The molecular formula is C29H38N2O4. The molecule has 1 unspecified atom stereocenters. The van der Waals surface area contributed by atoms with Gasteiger partial charge < -0.3 is 19.4 Å². The quantitative estimate of drug-likeness (QED) is 0.345. The molecule has 1 aliphatic carbocycles. The number of nitrogens with zero attached hydrogens (tertiary/aromatic N) is 2. The van der Waals surface area contributed by atoms with Crippen molar-refractivity contribution in [3.8, 4) is 17.2 Å². The summed E-state index contributed by atoms with van der Waals surface area (Å²) in [4.78, 5) is 2.33. The van der Waals surface area contributed by atoms with E-state index in [1.807, 2.05) is 0 Å². The van der Waals surface area contributed by atoms with Crippen LogP contribution in [0.2, 0.25) is 0 Å². The molecule has 6 nitrogen and oxygen atoms in total. The molecule has 5 rings (SSSR count). The summed E-state index contributed by atoms with van der Waals surface area (Å²) in [7, 11) is 3.82. The number of fused-ring (bicyclic) bond motifs is 3. The van der Waals surface area contributed by atoms with Gasteiger partial charge >= 0.3 is 0 Å². The van der Waals surface area contributed by atoms with Crippen molar-refractivity contribution in [2.75, 3.05) is 27.5 Å². The van der Waals surface area contributed by atoms with E-state index in [4.69, 9.17) is 14.2 Å². The van der Waals surface area contributed by atoms with Crippen molar-refractivity contribution in [1.82, 2.24) is 4.90 Å². The maximum atomic E-state index is 10.4. The molecule has 1 atom stereocenters. The Morgan fingerprint density at radius 3 is 2.66 bits per heavy atom. The van der Waals surface area contributed by atoms with Crippen LogP contribution in [0.4, 0.5) is 0 Å². The summed E-state index contributed by atoms with van der Waals surface area (Å²) in [6.07, 6.45) is 3.59. The highest BCUT2D eigenvalue weighted by Gasteiger charge is 2.37. The molecule has 0 radical (unpaired) electrons. The number of likely N-dealkylation sites (N-methyl/N-ethyl adjacent to an activating group) is 1. The minimum Gasteiger partial charge on any atom is -0.492 e. The van der Waals surface area contributed by atoms with Gasteiger partial charge in [-0.2, -0.15) is 0 Å². The SMILES string of the molecule is COc1c2c(cc3c1C(CC(=NO)c1cc(C(C)(C)C)cc4c1CCC4(C)C)N(C)CC3)OCO2. The van der Waals surface area contributed by atoms with Gasteiger partial charge in [0.2, 0.25) is 12.5 Å². The topological polar surface area (TPSA) is 63.5 Å². The van der Waals surface area contributed by atoms with Crippen LogP contribution in [0, 0.1) is 0 Å². The van der Waals surface area contributed by atoms with Crippen LogP contribution in [-0.4, -0.2) is 43.3 Å². The highest BCUT2D eigenvalue weighted by Crippen LogP contribution is 2.50. The lowest BCUT2D eigenvalue weighted by Crippen LogP contribution is -2.34. The van der Waals surface area contributed by atoms with Crippen LogP contribution in [0.3, 0.4) is 0 Å². The summed E-state index contributed by atoms with van der Waals surface area (Å²) < 4.78 is 17.3. The van der Waals surface area contributed by atoms with Gasteiger partial charge in [-0.25, -0.2) is 0 Å². The van der Waals surface area contributed by atoms with Gasteiger partial charge in [-0.3, -0.25) is 4.90 Å². The molecule has 0 bridgehead atoms. The van der Waals surface area contributed by atoms with E-state index in [1.165, 1.54) is 22.3 Å². The summed E-state index contributed by atoms with van der Waals surface area (Å²) in [6, 6.07) is 6.73. The van der Waals surface area contributed by atoms with Crippen molar-refractivity contribution in [1.29, 1.82) is 0 Å². The fourth-order valence-corrected chi connectivity index (χ4v) is 5.98. The van der Waals surface area contributed by atoms with Crippen molar-refractivity contribution in [3.63, 3.8) is 0 Å². The predicted octanol–water partition coefficient (Wildman–Crippen LogP) is 5.74. The fraction of sp³-hybridized carbons (Fsp3) is 0.552. The summed E-state index contributed by atoms with van der Waals surface area (Å²) in [5.74, 6) is 2.16. The summed E-state index contributed by atoms with van der Waals surface area (Å²) in [5, 5.41) is 14.3. The third-order valence-corrected chi connectivity index (χ3v) is 8.21. The summed E-state index contributed by atoms with van der Waals surface area (Å²) >= 11 is 0. The van der Waals surface area contributed by atoms with E-state index in [0.717, 1.165) is 54.1 Å². The zero-order valence-corrected chi connectivity index (χ0v) is 22.1. The number of oxime groups is 1. The van der Waals surface area contributed by atoms with E-state index in [0.29, 0.717) is 12.2 Å². The van der Waals surface area contributed by atoms with Gasteiger partial charge in [0.25, 0.3) is 0 Å². The lowest BCUT2D eigenvalue weighted by atomic mass is 9.78. The third-order valence-electron chi connectivity index (χ3n) is 8.21. The van der Waals surface area contributed by atoms with Gasteiger partial charge in [0.15, 0.2) is 11.5 Å². The molecule has 0 aromatic heterocycles. The number of methoxy groups -OCH3 is 1. The Labute approximate surface area is 208 Å². The molecule has 6 heteroatoms. The Bertz CT molecular complexity index is 1190. The summed E-state index contributed by atoms with van der Waals surface area (Å²) in [5.41, 5.74) is 8.24. The van der Waals surface area contributed by atoms with Crippen LogP contribution in [0.15, 0.2) is 23.4 Å². The molecule has 0 saturated carbocycles. The van der Waals surface area contributed by atoms with E-state index in [9.17, 15) is 5.21 Å². The first-order valence-electron chi connectivity index (χ1n) is 12.6. The van der Waals surface area contributed by atoms with Crippen molar-refractivity contribution in [3.05, 3.63) is 51.6 Å². The Morgan fingerprint density at radius 2 is 1.97 bits per heavy atom. The van der Waals surface area contributed by atoms with Crippen LogP contribution in [-0.2, 0) is 23.7 Å². The Kier molecular flexibility index (Phi) is 5.78. The van der Waals surface area contributed by atoms with Crippen molar-refractivity contribution in [2.45, 2.75) is 77.2 Å². The predicted molar refractivity (Wildman–Crippen MR) is 138 cm³/mol. The van der Waals surface area contributed by atoms with E-state index in [-0.39, 0.29) is 23.7 Å². The number of benzene rings is 2. The molecule has 0 saturated heterocycles. The second kappa shape index (κ2) is 8.44. The standard InChI is InChI=1S/C29H38N2O4/c1-28(2,3)18-13-20(19-8-10-29(4,5)21(19)14-18)22(30-32)15-23-25-17(9-11-31(23)6)12-24-26(27(25)33-7)35-16-34-24/h12-14,23,32H,8-11,15-16H2,1-7H3. The first-order chi connectivity index (χ1) is 16.5. The number of hydrogen-bond donors (Lipinski definition) is 1. The lowest BCUT2D eigenvalue weighted by Gasteiger charge is -2.36. The molecule has 0 fully saturated rings. The number of ether oxygens (including phenoxy) is 3. The molecule has 3 aliphatic rings. The first kappa shape index (κ1) is 24.0. The molecule has 188 valence electrons. The average Bonchev–Trinajstić information content (AvgIpc) is 3.40. The number of hydrogen-bond acceptors (Lipinski definition) is 6. The van der Waals surface area contributed by atoms with E-state index >= 15 is 0 Å².